The van der Waals surface area contributed by atoms with E-state index >= 15 is 0 Å². The van der Waals surface area contributed by atoms with E-state index in [0.29, 0.717) is 12.4 Å². The third-order valence-corrected chi connectivity index (χ3v) is 7.30. The van der Waals surface area contributed by atoms with Gasteiger partial charge in [0.25, 0.3) is 0 Å². The van der Waals surface area contributed by atoms with Gasteiger partial charge in [-0.2, -0.15) is 4.31 Å². The zero-order valence-electron chi connectivity index (χ0n) is 16.6. The number of ether oxygens (including phenoxy) is 2. The summed E-state index contributed by atoms with van der Waals surface area (Å²) in [6.45, 7) is 1.21. The fourth-order valence-electron chi connectivity index (χ4n) is 3.43. The fraction of sp³-hybridized carbons (Fsp3) is 0.217. The van der Waals surface area contributed by atoms with Crippen LogP contribution < -0.4 is 4.74 Å². The first-order chi connectivity index (χ1) is 14.9. The number of halogens is 2. The standard InChI is InChI=1S/C23H21ClFNO4S/c24-21-6-1-2-7-23(21)31(27,28)26-10-11-30-22-9-8-18(12-19(22)14-26)16-29-15-17-4-3-5-20(25)13-17/h1-9,12-13H,10-11,14-16H2. The lowest BCUT2D eigenvalue weighted by molar-refractivity contribution is 0.107. The predicted molar refractivity (Wildman–Crippen MR) is 116 cm³/mol. The molecule has 0 aliphatic carbocycles. The van der Waals surface area contributed by atoms with Gasteiger partial charge in [-0.05, 0) is 47.5 Å². The van der Waals surface area contributed by atoms with Crippen LogP contribution in [0.2, 0.25) is 5.02 Å². The molecule has 3 aromatic rings. The van der Waals surface area contributed by atoms with Crippen LogP contribution >= 0.6 is 11.6 Å². The average Bonchev–Trinajstić information content (AvgIpc) is 2.97. The molecule has 162 valence electrons. The minimum absolute atomic E-state index is 0.0784. The first-order valence-electron chi connectivity index (χ1n) is 9.75. The van der Waals surface area contributed by atoms with E-state index in [1.54, 1.807) is 30.3 Å². The van der Waals surface area contributed by atoms with E-state index in [0.717, 1.165) is 16.7 Å². The van der Waals surface area contributed by atoms with E-state index in [1.807, 2.05) is 18.2 Å². The predicted octanol–water partition coefficient (Wildman–Crippen LogP) is 4.78. The Hall–Kier alpha value is -2.45. The van der Waals surface area contributed by atoms with Crippen LogP contribution in [0.5, 0.6) is 5.75 Å². The molecule has 0 saturated carbocycles. The second kappa shape index (κ2) is 9.36. The molecule has 0 radical (unpaired) electrons. The summed E-state index contributed by atoms with van der Waals surface area (Å²) in [4.78, 5) is 0.0784. The van der Waals surface area contributed by atoms with E-state index in [2.05, 4.69) is 0 Å². The quantitative estimate of drug-likeness (QED) is 0.530. The molecule has 0 bridgehead atoms. The van der Waals surface area contributed by atoms with Crippen LogP contribution in [-0.4, -0.2) is 25.9 Å². The Labute approximate surface area is 186 Å². The molecular formula is C23H21ClFNO4S. The topological polar surface area (TPSA) is 55.8 Å². The van der Waals surface area contributed by atoms with Gasteiger partial charge in [0.1, 0.15) is 23.1 Å². The zero-order chi connectivity index (χ0) is 21.8. The fourth-order valence-corrected chi connectivity index (χ4v) is 5.32. The summed E-state index contributed by atoms with van der Waals surface area (Å²) >= 11 is 6.13. The molecule has 0 spiro atoms. The van der Waals surface area contributed by atoms with Crippen molar-refractivity contribution in [2.45, 2.75) is 24.7 Å². The van der Waals surface area contributed by atoms with Gasteiger partial charge in [-0.1, -0.05) is 41.9 Å². The third kappa shape index (κ3) is 5.07. The maximum Gasteiger partial charge on any atom is 0.244 e. The summed E-state index contributed by atoms with van der Waals surface area (Å²) in [7, 11) is -3.77. The van der Waals surface area contributed by atoms with Gasteiger partial charge in [0, 0.05) is 18.7 Å². The van der Waals surface area contributed by atoms with Gasteiger partial charge in [-0.15, -0.1) is 0 Å². The Morgan fingerprint density at radius 1 is 1.00 bits per heavy atom. The minimum atomic E-state index is -3.77. The summed E-state index contributed by atoms with van der Waals surface area (Å²) in [6, 6.07) is 18.2. The normalized spacial score (nSPS) is 14.5. The van der Waals surface area contributed by atoms with Crippen molar-refractivity contribution in [2.24, 2.45) is 0 Å². The lowest BCUT2D eigenvalue weighted by Gasteiger charge is -2.20. The number of fused-ring (bicyclic) bond motifs is 1. The third-order valence-electron chi connectivity index (χ3n) is 4.95. The molecule has 0 aromatic heterocycles. The molecule has 0 fully saturated rings. The number of hydrogen-bond donors (Lipinski definition) is 0. The SMILES string of the molecule is O=S(=O)(c1ccccc1Cl)N1CCOc2ccc(COCc3cccc(F)c3)cc2C1. The first-order valence-corrected chi connectivity index (χ1v) is 11.6. The van der Waals surface area contributed by atoms with Crippen molar-refractivity contribution in [2.75, 3.05) is 13.2 Å². The lowest BCUT2D eigenvalue weighted by Crippen LogP contribution is -2.32. The van der Waals surface area contributed by atoms with Gasteiger partial charge in [0.05, 0.1) is 18.2 Å². The summed E-state index contributed by atoms with van der Waals surface area (Å²) in [5.74, 6) is 0.342. The second-order valence-corrected chi connectivity index (χ2v) is 9.50. The Balaban J connectivity index is 1.49. The molecule has 5 nitrogen and oxygen atoms in total. The highest BCUT2D eigenvalue weighted by molar-refractivity contribution is 7.89. The smallest absolute Gasteiger partial charge is 0.244 e. The van der Waals surface area contributed by atoms with Crippen molar-refractivity contribution in [1.29, 1.82) is 0 Å². The summed E-state index contributed by atoms with van der Waals surface area (Å²) in [5.41, 5.74) is 2.37. The van der Waals surface area contributed by atoms with E-state index in [1.165, 1.54) is 22.5 Å². The highest BCUT2D eigenvalue weighted by Crippen LogP contribution is 2.30. The summed E-state index contributed by atoms with van der Waals surface area (Å²) in [5, 5.41) is 0.187. The molecule has 0 saturated heterocycles. The Morgan fingerprint density at radius 2 is 1.77 bits per heavy atom. The molecule has 0 N–H and O–H groups in total. The van der Waals surface area contributed by atoms with Crippen LogP contribution in [-0.2, 0) is 34.5 Å². The summed E-state index contributed by atoms with van der Waals surface area (Å²) in [6.07, 6.45) is 0. The second-order valence-electron chi connectivity index (χ2n) is 7.18. The largest absolute Gasteiger partial charge is 0.492 e. The van der Waals surface area contributed by atoms with Crippen molar-refractivity contribution in [3.63, 3.8) is 0 Å². The molecular weight excluding hydrogens is 441 g/mol. The Kier molecular flexibility index (Phi) is 6.57. The molecule has 4 rings (SSSR count). The van der Waals surface area contributed by atoms with Gasteiger partial charge >= 0.3 is 0 Å². The lowest BCUT2D eigenvalue weighted by atomic mass is 10.1. The molecule has 0 amide bonds. The summed E-state index contributed by atoms with van der Waals surface area (Å²) < 4.78 is 52.4. The van der Waals surface area contributed by atoms with Crippen LogP contribution in [0.3, 0.4) is 0 Å². The van der Waals surface area contributed by atoms with E-state index in [9.17, 15) is 12.8 Å². The molecule has 1 aliphatic heterocycles. The zero-order valence-corrected chi connectivity index (χ0v) is 18.2. The number of nitrogens with zero attached hydrogens (tertiary/aromatic N) is 1. The highest BCUT2D eigenvalue weighted by atomic mass is 35.5. The van der Waals surface area contributed by atoms with Gasteiger partial charge in [0.2, 0.25) is 10.0 Å². The monoisotopic (exact) mass is 461 g/mol. The van der Waals surface area contributed by atoms with E-state index in [-0.39, 0.29) is 42.0 Å². The first kappa shape index (κ1) is 21.8. The van der Waals surface area contributed by atoms with Gasteiger partial charge < -0.3 is 9.47 Å². The number of benzene rings is 3. The Bertz CT molecular complexity index is 1190. The maximum absolute atomic E-state index is 13.3. The van der Waals surface area contributed by atoms with Crippen molar-refractivity contribution in [3.8, 4) is 5.75 Å². The van der Waals surface area contributed by atoms with E-state index < -0.39 is 10.0 Å². The van der Waals surface area contributed by atoms with Gasteiger partial charge in [-0.3, -0.25) is 0 Å². The molecule has 31 heavy (non-hydrogen) atoms. The Morgan fingerprint density at radius 3 is 2.55 bits per heavy atom. The van der Waals surface area contributed by atoms with Crippen molar-refractivity contribution >= 4 is 21.6 Å². The van der Waals surface area contributed by atoms with Gasteiger partial charge in [0.15, 0.2) is 0 Å². The van der Waals surface area contributed by atoms with E-state index in [4.69, 9.17) is 21.1 Å². The van der Waals surface area contributed by atoms with Crippen LogP contribution in [0.1, 0.15) is 16.7 Å². The molecule has 1 heterocycles. The number of hydrogen-bond acceptors (Lipinski definition) is 4. The molecule has 0 unspecified atom stereocenters. The van der Waals surface area contributed by atoms with Crippen molar-refractivity contribution in [3.05, 3.63) is 94.3 Å². The maximum atomic E-state index is 13.3. The van der Waals surface area contributed by atoms with Crippen LogP contribution in [0.4, 0.5) is 4.39 Å². The van der Waals surface area contributed by atoms with Crippen molar-refractivity contribution < 1.29 is 22.3 Å². The van der Waals surface area contributed by atoms with Crippen LogP contribution in [0.25, 0.3) is 0 Å². The molecule has 8 heteroatoms. The average molecular weight is 462 g/mol. The molecule has 1 aliphatic rings. The molecule has 0 atom stereocenters. The van der Waals surface area contributed by atoms with Gasteiger partial charge in [-0.25, -0.2) is 12.8 Å². The highest BCUT2D eigenvalue weighted by Gasteiger charge is 2.29. The molecule has 3 aromatic carbocycles. The minimum Gasteiger partial charge on any atom is -0.492 e. The number of sulfonamides is 1. The van der Waals surface area contributed by atoms with Crippen LogP contribution in [0, 0.1) is 5.82 Å². The number of rotatable bonds is 6. The van der Waals surface area contributed by atoms with Crippen molar-refractivity contribution in [1.82, 2.24) is 4.31 Å². The van der Waals surface area contributed by atoms with Crippen LogP contribution in [0.15, 0.2) is 71.6 Å².